The van der Waals surface area contributed by atoms with E-state index in [0.717, 1.165) is 42.0 Å². The van der Waals surface area contributed by atoms with Crippen molar-refractivity contribution in [2.75, 3.05) is 33.4 Å². The summed E-state index contributed by atoms with van der Waals surface area (Å²) in [5, 5.41) is 3.97. The highest BCUT2D eigenvalue weighted by Crippen LogP contribution is 2.21. The molecule has 0 bridgehead atoms. The van der Waals surface area contributed by atoms with Gasteiger partial charge in [0.25, 0.3) is 0 Å². The first kappa shape index (κ1) is 18.7. The Kier molecular flexibility index (Phi) is 6.05. The minimum atomic E-state index is 0.518. The lowest BCUT2D eigenvalue weighted by atomic mass is 10.1. The number of rotatable bonds is 5. The summed E-state index contributed by atoms with van der Waals surface area (Å²) >= 11 is 1.58. The second kappa shape index (κ2) is 9.05. The van der Waals surface area contributed by atoms with Crippen LogP contribution in [0.3, 0.4) is 0 Å². The van der Waals surface area contributed by atoms with Crippen molar-refractivity contribution in [1.82, 2.24) is 14.9 Å². The van der Waals surface area contributed by atoms with E-state index in [1.165, 1.54) is 19.3 Å². The summed E-state index contributed by atoms with van der Waals surface area (Å²) in [4.78, 5) is 11.7. The molecule has 144 valence electrons. The fraction of sp³-hybridized carbons (Fsp3) is 0.364. The Balaban J connectivity index is 1.52. The number of ether oxygens (including phenoxy) is 2. The van der Waals surface area contributed by atoms with Gasteiger partial charge in [0.15, 0.2) is 5.69 Å². The Morgan fingerprint density at radius 2 is 1.75 bits per heavy atom. The number of benzene rings is 1. The first-order chi connectivity index (χ1) is 13.8. The fourth-order valence-electron chi connectivity index (χ4n) is 3.22. The number of aromatic nitrogens is 2. The van der Waals surface area contributed by atoms with Crippen LogP contribution in [0.25, 0.3) is 11.0 Å². The summed E-state index contributed by atoms with van der Waals surface area (Å²) in [5.74, 6) is 7.62. The molecular formula is C22H23N3O2S. The first-order valence-corrected chi connectivity index (χ1v) is 10.5. The van der Waals surface area contributed by atoms with E-state index in [0.29, 0.717) is 18.2 Å². The Labute approximate surface area is 169 Å². The third-order valence-corrected chi connectivity index (χ3v) is 5.51. The standard InChI is InChI=1S/C22H23N3O2S/c1-26-18-8-5-17(6-9-18)7-10-19-22(24-21-16-28-15-20(21)23-19)27-14-13-25-11-3-2-4-12-25/h5-6,8-9,15-16H,2-4,11-14H2,1H3. The van der Waals surface area contributed by atoms with Crippen molar-refractivity contribution in [3.05, 3.63) is 46.3 Å². The maximum atomic E-state index is 6.01. The van der Waals surface area contributed by atoms with E-state index < -0.39 is 0 Å². The Hall–Kier alpha value is -2.62. The fourth-order valence-corrected chi connectivity index (χ4v) is 3.90. The van der Waals surface area contributed by atoms with Crippen molar-refractivity contribution < 1.29 is 9.47 Å². The summed E-state index contributed by atoms with van der Waals surface area (Å²) in [5.41, 5.74) is 3.19. The number of hydrogen-bond acceptors (Lipinski definition) is 6. The number of thiophene rings is 1. The molecule has 0 N–H and O–H groups in total. The Bertz CT molecular complexity index is 982. The zero-order valence-electron chi connectivity index (χ0n) is 16.0. The highest BCUT2D eigenvalue weighted by atomic mass is 32.1. The Morgan fingerprint density at radius 1 is 1.00 bits per heavy atom. The molecule has 28 heavy (non-hydrogen) atoms. The lowest BCUT2D eigenvalue weighted by Gasteiger charge is -2.26. The molecule has 1 aliphatic heterocycles. The predicted molar refractivity (Wildman–Crippen MR) is 112 cm³/mol. The molecule has 6 heteroatoms. The van der Waals surface area contributed by atoms with Gasteiger partial charge in [-0.1, -0.05) is 12.3 Å². The van der Waals surface area contributed by atoms with Crippen LogP contribution >= 0.6 is 11.3 Å². The van der Waals surface area contributed by atoms with Gasteiger partial charge in [-0.3, -0.25) is 4.90 Å². The number of piperidine rings is 1. The van der Waals surface area contributed by atoms with Crippen LogP contribution in [0.2, 0.25) is 0 Å². The SMILES string of the molecule is COc1ccc(C#Cc2nc3cscc3nc2OCCN2CCCCC2)cc1. The van der Waals surface area contributed by atoms with E-state index in [1.807, 2.05) is 35.0 Å². The number of nitrogens with zero attached hydrogens (tertiary/aromatic N) is 3. The quantitative estimate of drug-likeness (QED) is 0.614. The number of methoxy groups -OCH3 is 1. The summed E-state index contributed by atoms with van der Waals surface area (Å²) in [6.45, 7) is 3.82. The maximum Gasteiger partial charge on any atom is 0.249 e. The summed E-state index contributed by atoms with van der Waals surface area (Å²) in [6, 6.07) is 7.65. The van der Waals surface area contributed by atoms with Crippen molar-refractivity contribution in [2.24, 2.45) is 0 Å². The minimum Gasteiger partial charge on any atom is -0.497 e. The van der Waals surface area contributed by atoms with Crippen LogP contribution in [-0.4, -0.2) is 48.2 Å². The molecule has 0 unspecified atom stereocenters. The van der Waals surface area contributed by atoms with E-state index in [9.17, 15) is 0 Å². The average molecular weight is 394 g/mol. The normalized spacial score (nSPS) is 14.5. The number of hydrogen-bond donors (Lipinski definition) is 0. The van der Waals surface area contributed by atoms with Gasteiger partial charge in [-0.05, 0) is 56.1 Å². The Morgan fingerprint density at radius 3 is 2.50 bits per heavy atom. The zero-order chi connectivity index (χ0) is 19.2. The van der Waals surface area contributed by atoms with E-state index in [-0.39, 0.29) is 0 Å². The topological polar surface area (TPSA) is 47.5 Å². The van der Waals surface area contributed by atoms with E-state index in [1.54, 1.807) is 18.4 Å². The molecule has 2 aromatic heterocycles. The van der Waals surface area contributed by atoms with Gasteiger partial charge in [0.2, 0.25) is 5.88 Å². The molecule has 3 heterocycles. The molecule has 1 aliphatic rings. The van der Waals surface area contributed by atoms with Crippen molar-refractivity contribution in [1.29, 1.82) is 0 Å². The van der Waals surface area contributed by atoms with Crippen molar-refractivity contribution in [2.45, 2.75) is 19.3 Å². The van der Waals surface area contributed by atoms with Crippen LogP contribution in [0.5, 0.6) is 11.6 Å². The largest absolute Gasteiger partial charge is 0.497 e. The van der Waals surface area contributed by atoms with Crippen LogP contribution in [-0.2, 0) is 0 Å². The second-order valence-corrected chi connectivity index (χ2v) is 7.49. The molecule has 5 nitrogen and oxygen atoms in total. The first-order valence-electron chi connectivity index (χ1n) is 9.57. The number of likely N-dealkylation sites (tertiary alicyclic amines) is 1. The molecule has 1 fully saturated rings. The smallest absolute Gasteiger partial charge is 0.249 e. The van der Waals surface area contributed by atoms with Gasteiger partial charge in [0.05, 0.1) is 7.11 Å². The monoisotopic (exact) mass is 393 g/mol. The lowest BCUT2D eigenvalue weighted by molar-refractivity contribution is 0.180. The van der Waals surface area contributed by atoms with Gasteiger partial charge >= 0.3 is 0 Å². The van der Waals surface area contributed by atoms with Crippen LogP contribution in [0.15, 0.2) is 35.0 Å². The van der Waals surface area contributed by atoms with Crippen molar-refractivity contribution in [3.63, 3.8) is 0 Å². The molecule has 1 saturated heterocycles. The molecule has 0 aliphatic carbocycles. The van der Waals surface area contributed by atoms with E-state index >= 15 is 0 Å². The minimum absolute atomic E-state index is 0.518. The van der Waals surface area contributed by atoms with Gasteiger partial charge in [-0.15, -0.1) is 11.3 Å². The molecule has 0 atom stereocenters. The zero-order valence-corrected chi connectivity index (χ0v) is 16.8. The van der Waals surface area contributed by atoms with Crippen LogP contribution in [0.4, 0.5) is 0 Å². The maximum absolute atomic E-state index is 6.01. The predicted octanol–water partition coefficient (Wildman–Crippen LogP) is 3.96. The van der Waals surface area contributed by atoms with Gasteiger partial charge in [0, 0.05) is 22.9 Å². The van der Waals surface area contributed by atoms with Crippen molar-refractivity contribution in [3.8, 4) is 23.5 Å². The van der Waals surface area contributed by atoms with E-state index in [2.05, 4.69) is 26.7 Å². The van der Waals surface area contributed by atoms with Crippen LogP contribution < -0.4 is 9.47 Å². The van der Waals surface area contributed by atoms with Gasteiger partial charge in [0.1, 0.15) is 23.4 Å². The number of fused-ring (bicyclic) bond motifs is 1. The molecule has 0 spiro atoms. The van der Waals surface area contributed by atoms with Crippen LogP contribution in [0, 0.1) is 11.8 Å². The van der Waals surface area contributed by atoms with Gasteiger partial charge in [-0.2, -0.15) is 0 Å². The highest BCUT2D eigenvalue weighted by Gasteiger charge is 2.12. The molecule has 4 rings (SSSR count). The molecule has 0 saturated carbocycles. The third-order valence-electron chi connectivity index (χ3n) is 4.79. The summed E-state index contributed by atoms with van der Waals surface area (Å²) in [6.07, 6.45) is 3.89. The lowest BCUT2D eigenvalue weighted by Crippen LogP contribution is -2.33. The highest BCUT2D eigenvalue weighted by molar-refractivity contribution is 7.09. The van der Waals surface area contributed by atoms with E-state index in [4.69, 9.17) is 9.47 Å². The molecule has 0 radical (unpaired) electrons. The third kappa shape index (κ3) is 4.61. The molecule has 0 amide bonds. The average Bonchev–Trinajstić information content (AvgIpc) is 3.20. The molecular weight excluding hydrogens is 370 g/mol. The molecule has 1 aromatic carbocycles. The second-order valence-electron chi connectivity index (χ2n) is 6.75. The summed E-state index contributed by atoms with van der Waals surface area (Å²) in [7, 11) is 1.65. The van der Waals surface area contributed by atoms with Crippen molar-refractivity contribution >= 4 is 22.4 Å². The molecule has 3 aromatic rings. The summed E-state index contributed by atoms with van der Waals surface area (Å²) < 4.78 is 11.2. The van der Waals surface area contributed by atoms with Gasteiger partial charge < -0.3 is 9.47 Å². The van der Waals surface area contributed by atoms with Crippen LogP contribution in [0.1, 0.15) is 30.5 Å². The van der Waals surface area contributed by atoms with Gasteiger partial charge in [-0.25, -0.2) is 9.97 Å².